The molecule has 0 unspecified atom stereocenters. The smallest absolute Gasteiger partial charge is 0.208 e. The Morgan fingerprint density at radius 3 is 2.76 bits per heavy atom. The van der Waals surface area contributed by atoms with Crippen LogP contribution in [-0.4, -0.2) is 22.4 Å². The number of halogens is 2. The van der Waals surface area contributed by atoms with Gasteiger partial charge >= 0.3 is 0 Å². The number of nitrogens with one attached hydrogen (secondary N) is 1. The zero-order valence-corrected chi connectivity index (χ0v) is 10.4. The van der Waals surface area contributed by atoms with Crippen LogP contribution in [0.2, 0.25) is 0 Å². The molecular formula is C10H9BrFN3O2. The number of nitrogens with zero attached hydrogens (tertiary/aromatic N) is 1. The Bertz CT molecular complexity index is 571. The molecule has 7 heteroatoms. The molecule has 0 amide bonds. The van der Waals surface area contributed by atoms with E-state index in [9.17, 15) is 9.50 Å². The van der Waals surface area contributed by atoms with E-state index in [2.05, 4.69) is 26.1 Å². The molecule has 1 aromatic heterocycles. The summed E-state index contributed by atoms with van der Waals surface area (Å²) in [6, 6.07) is 1.51. The maximum absolute atomic E-state index is 13.8. The third-order valence-corrected chi connectivity index (χ3v) is 2.92. The van der Waals surface area contributed by atoms with Gasteiger partial charge in [-0.1, -0.05) is 0 Å². The van der Waals surface area contributed by atoms with Crippen LogP contribution in [-0.2, 0) is 0 Å². The predicted molar refractivity (Wildman–Crippen MR) is 64.3 cm³/mol. The van der Waals surface area contributed by atoms with E-state index in [1.165, 1.54) is 19.4 Å². The largest absolute Gasteiger partial charge is 0.504 e. The van der Waals surface area contributed by atoms with Crippen molar-refractivity contribution in [2.45, 2.75) is 0 Å². The first-order valence-electron chi connectivity index (χ1n) is 4.60. The number of phenols is 1. The predicted octanol–water partition coefficient (Wildman–Crippen LogP) is 2.27. The number of hydrogen-bond acceptors (Lipinski definition) is 4. The van der Waals surface area contributed by atoms with Gasteiger partial charge in [0.25, 0.3) is 0 Å². The molecule has 4 N–H and O–H groups in total. The Hall–Kier alpha value is -1.76. The second-order valence-electron chi connectivity index (χ2n) is 3.30. The van der Waals surface area contributed by atoms with E-state index in [-0.39, 0.29) is 10.2 Å². The van der Waals surface area contributed by atoms with E-state index in [0.717, 1.165) is 0 Å². The van der Waals surface area contributed by atoms with Crippen LogP contribution in [0.1, 0.15) is 0 Å². The molecule has 0 fully saturated rings. The first-order chi connectivity index (χ1) is 8.06. The van der Waals surface area contributed by atoms with Gasteiger partial charge in [-0.05, 0) is 22.0 Å². The van der Waals surface area contributed by atoms with Crippen LogP contribution in [0.25, 0.3) is 11.1 Å². The Labute approximate surface area is 105 Å². The maximum Gasteiger partial charge on any atom is 0.208 e. The molecule has 5 nitrogen and oxygen atoms in total. The molecule has 0 aliphatic carbocycles. The van der Waals surface area contributed by atoms with Gasteiger partial charge in [-0.3, -0.25) is 5.10 Å². The number of nitrogens with two attached hydrogens (primary N) is 1. The lowest BCUT2D eigenvalue weighted by molar-refractivity contribution is 0.364. The van der Waals surface area contributed by atoms with Crippen LogP contribution in [0, 0.1) is 5.82 Å². The molecule has 2 rings (SSSR count). The van der Waals surface area contributed by atoms with Crippen molar-refractivity contribution in [1.82, 2.24) is 10.2 Å². The maximum atomic E-state index is 13.8. The van der Waals surface area contributed by atoms with E-state index in [4.69, 9.17) is 10.5 Å². The number of rotatable bonds is 2. The van der Waals surface area contributed by atoms with Crippen molar-refractivity contribution in [1.29, 1.82) is 0 Å². The number of nitrogen functional groups attached to an aromatic ring is 1. The van der Waals surface area contributed by atoms with E-state index < -0.39 is 11.6 Å². The molecule has 2 aromatic rings. The summed E-state index contributed by atoms with van der Waals surface area (Å²) >= 11 is 3.05. The molecule has 0 bridgehead atoms. The molecule has 0 aliphatic heterocycles. The van der Waals surface area contributed by atoms with E-state index in [1.54, 1.807) is 0 Å². The van der Waals surface area contributed by atoms with Crippen molar-refractivity contribution in [3.63, 3.8) is 0 Å². The molecule has 1 aromatic carbocycles. The second-order valence-corrected chi connectivity index (χ2v) is 4.15. The average Bonchev–Trinajstić information content (AvgIpc) is 2.72. The Kier molecular flexibility index (Phi) is 2.93. The van der Waals surface area contributed by atoms with E-state index >= 15 is 0 Å². The van der Waals surface area contributed by atoms with Crippen molar-refractivity contribution in [2.75, 3.05) is 12.8 Å². The number of anilines is 1. The highest BCUT2D eigenvalue weighted by Crippen LogP contribution is 2.42. The highest BCUT2D eigenvalue weighted by atomic mass is 79.9. The molecule has 90 valence electrons. The molecule has 1 heterocycles. The lowest BCUT2D eigenvalue weighted by Crippen LogP contribution is -1.95. The molecule has 17 heavy (non-hydrogen) atoms. The van der Waals surface area contributed by atoms with Crippen LogP contribution >= 0.6 is 15.9 Å². The number of benzene rings is 1. The number of H-pyrrole nitrogens is 1. The normalized spacial score (nSPS) is 10.5. The molecule has 0 atom stereocenters. The van der Waals surface area contributed by atoms with Crippen LogP contribution in [0.5, 0.6) is 11.5 Å². The van der Waals surface area contributed by atoms with Crippen molar-refractivity contribution in [3.8, 4) is 22.6 Å². The van der Waals surface area contributed by atoms with Crippen LogP contribution in [0.15, 0.2) is 16.7 Å². The van der Waals surface area contributed by atoms with Crippen LogP contribution in [0.3, 0.4) is 0 Å². The van der Waals surface area contributed by atoms with Gasteiger partial charge < -0.3 is 15.6 Å². The van der Waals surface area contributed by atoms with Gasteiger partial charge in [0.1, 0.15) is 5.82 Å². The lowest BCUT2D eigenvalue weighted by Gasteiger charge is -2.11. The minimum absolute atomic E-state index is 0.0844. The topological polar surface area (TPSA) is 84.2 Å². The van der Waals surface area contributed by atoms with Gasteiger partial charge in [0.15, 0.2) is 11.5 Å². The Morgan fingerprint density at radius 1 is 1.53 bits per heavy atom. The molecule has 0 saturated heterocycles. The van der Waals surface area contributed by atoms with Gasteiger partial charge in [0, 0.05) is 11.1 Å². The van der Waals surface area contributed by atoms with Gasteiger partial charge in [0.05, 0.1) is 17.8 Å². The van der Waals surface area contributed by atoms with Gasteiger partial charge in [0.2, 0.25) is 5.82 Å². The Balaban J connectivity index is 2.74. The van der Waals surface area contributed by atoms with Crippen molar-refractivity contribution >= 4 is 21.7 Å². The summed E-state index contributed by atoms with van der Waals surface area (Å²) in [4.78, 5) is 0. The summed E-state index contributed by atoms with van der Waals surface area (Å²) in [6.07, 6.45) is 1.45. The lowest BCUT2D eigenvalue weighted by atomic mass is 10.1. The van der Waals surface area contributed by atoms with Crippen molar-refractivity contribution in [3.05, 3.63) is 22.6 Å². The minimum atomic E-state index is -0.850. The quantitative estimate of drug-likeness (QED) is 0.794. The third-order valence-electron chi connectivity index (χ3n) is 2.31. The highest BCUT2D eigenvalue weighted by Gasteiger charge is 2.20. The summed E-state index contributed by atoms with van der Waals surface area (Å²) in [6.45, 7) is 0. The fraction of sp³-hybridized carbons (Fsp3) is 0.100. The fourth-order valence-electron chi connectivity index (χ4n) is 1.50. The van der Waals surface area contributed by atoms with Crippen LogP contribution in [0.4, 0.5) is 10.2 Å². The summed E-state index contributed by atoms with van der Waals surface area (Å²) in [5.74, 6) is -1.15. The number of aromatic hydroxyl groups is 1. The van der Waals surface area contributed by atoms with Gasteiger partial charge in [-0.2, -0.15) is 9.49 Å². The zero-order valence-electron chi connectivity index (χ0n) is 8.79. The molecule has 0 aliphatic rings. The first kappa shape index (κ1) is 11.7. The number of phenolic OH excluding ortho intramolecular Hbond substituents is 1. The highest BCUT2D eigenvalue weighted by molar-refractivity contribution is 9.10. The monoisotopic (exact) mass is 301 g/mol. The SMILES string of the molecule is COc1c(-c2cn[nH]c2N)cc(Br)c(O)c1F. The van der Waals surface area contributed by atoms with Gasteiger partial charge in [-0.25, -0.2) is 0 Å². The molecule has 0 saturated carbocycles. The van der Waals surface area contributed by atoms with Gasteiger partial charge in [-0.15, -0.1) is 0 Å². The fourth-order valence-corrected chi connectivity index (χ4v) is 1.90. The Morgan fingerprint density at radius 2 is 2.24 bits per heavy atom. The minimum Gasteiger partial charge on any atom is -0.504 e. The molecule has 0 radical (unpaired) electrons. The summed E-state index contributed by atoms with van der Waals surface area (Å²) in [7, 11) is 1.31. The number of ether oxygens (including phenoxy) is 1. The third kappa shape index (κ3) is 1.82. The second kappa shape index (κ2) is 4.25. The first-order valence-corrected chi connectivity index (χ1v) is 5.39. The summed E-state index contributed by atoms with van der Waals surface area (Å²) in [5, 5.41) is 15.7. The zero-order chi connectivity index (χ0) is 12.6. The number of aromatic nitrogens is 2. The van der Waals surface area contributed by atoms with E-state index in [1.807, 2.05) is 0 Å². The molecular weight excluding hydrogens is 293 g/mol. The van der Waals surface area contributed by atoms with Crippen molar-refractivity contribution < 1.29 is 14.2 Å². The van der Waals surface area contributed by atoms with Crippen LogP contribution < -0.4 is 10.5 Å². The average molecular weight is 302 g/mol. The number of methoxy groups -OCH3 is 1. The number of aromatic amines is 1. The van der Waals surface area contributed by atoms with E-state index in [0.29, 0.717) is 16.9 Å². The summed E-state index contributed by atoms with van der Waals surface area (Å²) < 4.78 is 18.9. The number of hydrogen-bond donors (Lipinski definition) is 3. The van der Waals surface area contributed by atoms with Crippen molar-refractivity contribution in [2.24, 2.45) is 0 Å². The summed E-state index contributed by atoms with van der Waals surface area (Å²) in [5.41, 5.74) is 6.57. The molecule has 0 spiro atoms. The standard InChI is InChI=1S/C10H9BrFN3O2/c1-17-9-4(5-3-14-15-10(5)13)2-6(11)8(16)7(9)12/h2-3,16H,1H3,(H3,13,14,15).